The van der Waals surface area contributed by atoms with Gasteiger partial charge in [-0.1, -0.05) is 26.0 Å². The molecule has 0 saturated heterocycles. The van der Waals surface area contributed by atoms with Gasteiger partial charge >= 0.3 is 0 Å². The van der Waals surface area contributed by atoms with Gasteiger partial charge in [0.2, 0.25) is 0 Å². The van der Waals surface area contributed by atoms with Crippen molar-refractivity contribution in [3.05, 3.63) is 50.8 Å². The number of aliphatic imine (C=N–C) groups is 1. The van der Waals surface area contributed by atoms with Crippen LogP contribution in [0.25, 0.3) is 0 Å². The minimum atomic E-state index is 0.593. The predicted molar refractivity (Wildman–Crippen MR) is 86.5 cm³/mol. The largest absolute Gasteiger partial charge is 0.447 e. The molecule has 4 heteroatoms. The third kappa shape index (κ3) is 3.80. The SMILES string of the molecule is CC[C@@H](C)c1ccc(N=Cc2cc(Br)c(Br)o2)cc1. The molecular weight excluding hydrogens is 370 g/mol. The molecule has 0 saturated carbocycles. The standard InChI is InChI=1S/C15H15Br2NO/c1-3-10(2)11-4-6-12(7-5-11)18-9-13-8-14(16)15(17)19-13/h4-10H,3H2,1-2H3/t10-/m1/s1. The molecule has 2 aromatic rings. The molecular formula is C15H15Br2NO. The Kier molecular flexibility index (Phi) is 4.99. The molecule has 0 N–H and O–H groups in total. The monoisotopic (exact) mass is 383 g/mol. The summed E-state index contributed by atoms with van der Waals surface area (Å²) in [4.78, 5) is 4.40. The number of hydrogen-bond acceptors (Lipinski definition) is 2. The Bertz CT molecular complexity index is 553. The van der Waals surface area contributed by atoms with Crippen LogP contribution in [0.1, 0.15) is 37.5 Å². The van der Waals surface area contributed by atoms with Gasteiger partial charge in [0, 0.05) is 6.07 Å². The van der Waals surface area contributed by atoms with E-state index >= 15 is 0 Å². The van der Waals surface area contributed by atoms with Crippen molar-refractivity contribution in [2.45, 2.75) is 26.2 Å². The van der Waals surface area contributed by atoms with Crippen molar-refractivity contribution < 1.29 is 4.42 Å². The van der Waals surface area contributed by atoms with Gasteiger partial charge in [0.1, 0.15) is 5.76 Å². The molecule has 0 fully saturated rings. The molecule has 0 aliphatic carbocycles. The molecule has 0 aliphatic heterocycles. The van der Waals surface area contributed by atoms with Crippen molar-refractivity contribution in [2.75, 3.05) is 0 Å². The lowest BCUT2D eigenvalue weighted by Crippen LogP contribution is -1.89. The van der Waals surface area contributed by atoms with E-state index < -0.39 is 0 Å². The molecule has 0 radical (unpaired) electrons. The Morgan fingerprint density at radius 3 is 2.47 bits per heavy atom. The zero-order chi connectivity index (χ0) is 13.8. The van der Waals surface area contributed by atoms with Crippen LogP contribution in [0.5, 0.6) is 0 Å². The quantitative estimate of drug-likeness (QED) is 0.587. The predicted octanol–water partition coefficient (Wildman–Crippen LogP) is 6.07. The van der Waals surface area contributed by atoms with Gasteiger partial charge in [0.25, 0.3) is 0 Å². The summed E-state index contributed by atoms with van der Waals surface area (Å²) < 4.78 is 7.01. The molecule has 1 atom stereocenters. The fourth-order valence-electron chi connectivity index (χ4n) is 1.69. The maximum atomic E-state index is 5.44. The first kappa shape index (κ1) is 14.5. The first-order chi connectivity index (χ1) is 9.10. The summed E-state index contributed by atoms with van der Waals surface area (Å²) in [7, 11) is 0. The van der Waals surface area contributed by atoms with E-state index in [1.807, 2.05) is 18.2 Å². The van der Waals surface area contributed by atoms with Gasteiger partial charge in [0.05, 0.1) is 16.4 Å². The van der Waals surface area contributed by atoms with Crippen LogP contribution in [0.15, 0.2) is 48.9 Å². The Labute approximate surface area is 130 Å². The van der Waals surface area contributed by atoms with E-state index in [4.69, 9.17) is 4.42 Å². The lowest BCUT2D eigenvalue weighted by atomic mass is 9.99. The molecule has 2 nitrogen and oxygen atoms in total. The van der Waals surface area contributed by atoms with Crippen molar-refractivity contribution in [3.63, 3.8) is 0 Å². The zero-order valence-electron chi connectivity index (χ0n) is 10.9. The number of furan rings is 1. The minimum Gasteiger partial charge on any atom is -0.447 e. The molecule has 2 rings (SSSR count). The van der Waals surface area contributed by atoms with E-state index in [0.717, 1.165) is 16.6 Å². The number of benzene rings is 1. The van der Waals surface area contributed by atoms with Crippen molar-refractivity contribution in [2.24, 2.45) is 4.99 Å². The third-order valence-corrected chi connectivity index (χ3v) is 4.79. The van der Waals surface area contributed by atoms with E-state index in [1.54, 1.807) is 6.21 Å². The summed E-state index contributed by atoms with van der Waals surface area (Å²) >= 11 is 6.67. The Morgan fingerprint density at radius 1 is 1.26 bits per heavy atom. The van der Waals surface area contributed by atoms with Crippen LogP contribution in [0.2, 0.25) is 0 Å². The van der Waals surface area contributed by atoms with Crippen molar-refractivity contribution >= 4 is 43.8 Å². The molecule has 1 aromatic heterocycles. The van der Waals surface area contributed by atoms with Gasteiger partial charge < -0.3 is 4.42 Å². The highest BCUT2D eigenvalue weighted by atomic mass is 79.9. The molecule has 100 valence electrons. The summed E-state index contributed by atoms with van der Waals surface area (Å²) in [6.45, 7) is 4.43. The van der Waals surface area contributed by atoms with Crippen molar-refractivity contribution in [3.8, 4) is 0 Å². The Morgan fingerprint density at radius 2 is 1.95 bits per heavy atom. The normalized spacial score (nSPS) is 13.1. The maximum Gasteiger partial charge on any atom is 0.184 e. The molecule has 0 amide bonds. The highest BCUT2D eigenvalue weighted by Crippen LogP contribution is 2.26. The fraction of sp³-hybridized carbons (Fsp3) is 0.267. The van der Waals surface area contributed by atoms with Crippen LogP contribution < -0.4 is 0 Å². The summed E-state index contributed by atoms with van der Waals surface area (Å²) in [6.07, 6.45) is 2.87. The van der Waals surface area contributed by atoms with E-state index in [1.165, 1.54) is 5.56 Å². The van der Waals surface area contributed by atoms with Crippen LogP contribution in [-0.4, -0.2) is 6.21 Å². The molecule has 0 bridgehead atoms. The lowest BCUT2D eigenvalue weighted by Gasteiger charge is -2.08. The van der Waals surface area contributed by atoms with E-state index in [-0.39, 0.29) is 0 Å². The first-order valence-corrected chi connectivity index (χ1v) is 7.77. The van der Waals surface area contributed by atoms with E-state index in [0.29, 0.717) is 16.3 Å². The van der Waals surface area contributed by atoms with Crippen LogP contribution in [0.3, 0.4) is 0 Å². The number of halogens is 2. The first-order valence-electron chi connectivity index (χ1n) is 6.19. The second-order valence-corrected chi connectivity index (χ2v) is 6.00. The van der Waals surface area contributed by atoms with Crippen molar-refractivity contribution in [1.82, 2.24) is 0 Å². The molecule has 0 aliphatic rings. The van der Waals surface area contributed by atoms with Gasteiger partial charge in [-0.2, -0.15) is 0 Å². The second kappa shape index (κ2) is 6.53. The smallest absolute Gasteiger partial charge is 0.184 e. The van der Waals surface area contributed by atoms with Gasteiger partial charge in [-0.3, -0.25) is 4.99 Å². The van der Waals surface area contributed by atoms with Gasteiger partial charge in [-0.15, -0.1) is 0 Å². The summed E-state index contributed by atoms with van der Waals surface area (Å²) in [5.41, 5.74) is 2.28. The fourth-order valence-corrected chi connectivity index (χ4v) is 2.30. The molecule has 0 unspecified atom stereocenters. The van der Waals surface area contributed by atoms with Crippen molar-refractivity contribution in [1.29, 1.82) is 0 Å². The van der Waals surface area contributed by atoms with Gasteiger partial charge in [0.15, 0.2) is 4.67 Å². The average molecular weight is 385 g/mol. The highest BCUT2D eigenvalue weighted by molar-refractivity contribution is 9.13. The third-order valence-electron chi connectivity index (χ3n) is 3.08. The Balaban J connectivity index is 2.11. The average Bonchev–Trinajstić information content (AvgIpc) is 2.75. The van der Waals surface area contributed by atoms with E-state index in [9.17, 15) is 0 Å². The van der Waals surface area contributed by atoms with Gasteiger partial charge in [-0.25, -0.2) is 0 Å². The number of nitrogens with zero attached hydrogens (tertiary/aromatic N) is 1. The highest BCUT2D eigenvalue weighted by Gasteiger charge is 2.04. The molecule has 0 spiro atoms. The topological polar surface area (TPSA) is 25.5 Å². The molecule has 19 heavy (non-hydrogen) atoms. The van der Waals surface area contributed by atoms with Crippen LogP contribution in [-0.2, 0) is 0 Å². The number of rotatable bonds is 4. The zero-order valence-corrected chi connectivity index (χ0v) is 14.0. The minimum absolute atomic E-state index is 0.593. The molecule has 1 heterocycles. The van der Waals surface area contributed by atoms with Gasteiger partial charge in [-0.05, 0) is 61.9 Å². The van der Waals surface area contributed by atoms with Crippen LogP contribution >= 0.6 is 31.9 Å². The molecule has 1 aromatic carbocycles. The summed E-state index contributed by atoms with van der Waals surface area (Å²) in [6, 6.07) is 10.2. The number of hydrogen-bond donors (Lipinski definition) is 0. The van der Waals surface area contributed by atoms with Crippen LogP contribution in [0.4, 0.5) is 5.69 Å². The summed E-state index contributed by atoms with van der Waals surface area (Å²) in [5, 5.41) is 0. The lowest BCUT2D eigenvalue weighted by molar-refractivity contribution is 0.533. The van der Waals surface area contributed by atoms with Crippen LogP contribution in [0, 0.1) is 0 Å². The Hall–Kier alpha value is -0.870. The second-order valence-electron chi connectivity index (χ2n) is 4.43. The summed E-state index contributed by atoms with van der Waals surface area (Å²) in [5.74, 6) is 1.31. The van der Waals surface area contributed by atoms with E-state index in [2.05, 4.69) is 62.8 Å². The maximum absolute atomic E-state index is 5.44.